The van der Waals surface area contributed by atoms with E-state index in [0.717, 1.165) is 19.2 Å². The molecule has 3 nitrogen and oxygen atoms in total. The zero-order valence-electron chi connectivity index (χ0n) is 17.4. The molecule has 0 fully saturated rings. The first-order valence-electron chi connectivity index (χ1n) is 9.60. The van der Waals surface area contributed by atoms with Crippen LogP contribution in [0.2, 0.25) is 0 Å². The average molecular weight is 473 g/mol. The van der Waals surface area contributed by atoms with E-state index in [9.17, 15) is 35.5 Å². The fourth-order valence-electron chi connectivity index (χ4n) is 3.69. The standard InChI is InChI=1S/C23H18F7NO2/c1-12(2)20(32)33-11-18-15-7-5-4-6-14(15)17-10-13(8-9-16(17)18)19(31-3)21(24,25)22(26,27)23(28,29)30/h4-10,18H,1,11H2,2-3H3. The Morgan fingerprint density at radius 2 is 1.61 bits per heavy atom. The smallest absolute Gasteiger partial charge is 0.460 e. The lowest BCUT2D eigenvalue weighted by atomic mass is 9.93. The van der Waals surface area contributed by atoms with E-state index in [4.69, 9.17) is 4.74 Å². The van der Waals surface area contributed by atoms with Crippen LogP contribution in [-0.2, 0) is 9.53 Å². The van der Waals surface area contributed by atoms with Gasteiger partial charge in [-0.1, -0.05) is 43.0 Å². The molecule has 0 radical (unpaired) electrons. The normalized spacial score (nSPS) is 16.3. The lowest BCUT2D eigenvalue weighted by Crippen LogP contribution is -2.56. The van der Waals surface area contributed by atoms with Crippen LogP contribution < -0.4 is 0 Å². The van der Waals surface area contributed by atoms with E-state index in [1.807, 2.05) is 0 Å². The van der Waals surface area contributed by atoms with Gasteiger partial charge >= 0.3 is 24.0 Å². The lowest BCUT2D eigenvalue weighted by Gasteiger charge is -2.29. The number of halogens is 7. The van der Waals surface area contributed by atoms with E-state index in [0.29, 0.717) is 22.3 Å². The molecule has 3 rings (SSSR count). The Hall–Kier alpha value is -3.17. The van der Waals surface area contributed by atoms with E-state index >= 15 is 0 Å². The molecule has 0 amide bonds. The molecule has 0 heterocycles. The zero-order valence-corrected chi connectivity index (χ0v) is 17.4. The number of hydrogen-bond donors (Lipinski definition) is 0. The molecular weight excluding hydrogens is 455 g/mol. The summed E-state index contributed by atoms with van der Waals surface area (Å²) < 4.78 is 99.3. The highest BCUT2D eigenvalue weighted by Crippen LogP contribution is 2.49. The second kappa shape index (κ2) is 8.31. The number of hydrogen-bond acceptors (Lipinski definition) is 3. The molecule has 0 aliphatic heterocycles. The van der Waals surface area contributed by atoms with Crippen LogP contribution in [0.4, 0.5) is 30.7 Å². The van der Waals surface area contributed by atoms with Crippen LogP contribution in [0, 0.1) is 0 Å². The van der Waals surface area contributed by atoms with E-state index in [-0.39, 0.29) is 12.2 Å². The number of rotatable bonds is 6. The molecule has 0 saturated heterocycles. The largest absolute Gasteiger partial charge is 0.461 e. The van der Waals surface area contributed by atoms with Gasteiger partial charge < -0.3 is 4.74 Å². The van der Waals surface area contributed by atoms with Gasteiger partial charge in [-0.05, 0) is 35.2 Å². The molecule has 1 aliphatic carbocycles. The molecule has 176 valence electrons. The van der Waals surface area contributed by atoms with Crippen LogP contribution >= 0.6 is 0 Å². The topological polar surface area (TPSA) is 38.7 Å². The van der Waals surface area contributed by atoms with Crippen molar-refractivity contribution in [3.8, 4) is 11.1 Å². The molecule has 2 aromatic carbocycles. The summed E-state index contributed by atoms with van der Waals surface area (Å²) in [5.74, 6) is -13.1. The van der Waals surface area contributed by atoms with Gasteiger partial charge in [0.05, 0.1) is 0 Å². The van der Waals surface area contributed by atoms with Gasteiger partial charge in [0, 0.05) is 24.1 Å². The van der Waals surface area contributed by atoms with Crippen molar-refractivity contribution in [2.24, 2.45) is 4.99 Å². The van der Waals surface area contributed by atoms with E-state index in [1.165, 1.54) is 13.0 Å². The molecule has 1 aliphatic rings. The summed E-state index contributed by atoms with van der Waals surface area (Å²) >= 11 is 0. The molecule has 1 unspecified atom stereocenters. The van der Waals surface area contributed by atoms with Crippen LogP contribution in [0.15, 0.2) is 59.6 Å². The highest BCUT2D eigenvalue weighted by molar-refractivity contribution is 6.07. The number of ether oxygens (including phenoxy) is 1. The molecule has 0 bridgehead atoms. The number of carbonyl (C=O) groups excluding carboxylic acids is 1. The minimum atomic E-state index is -6.48. The van der Waals surface area contributed by atoms with Gasteiger partial charge in [0.2, 0.25) is 0 Å². The van der Waals surface area contributed by atoms with Gasteiger partial charge in [-0.15, -0.1) is 0 Å². The van der Waals surface area contributed by atoms with Gasteiger partial charge in [0.15, 0.2) is 0 Å². The summed E-state index contributed by atoms with van der Waals surface area (Å²) in [5, 5.41) is 0. The summed E-state index contributed by atoms with van der Waals surface area (Å²) in [5.41, 5.74) is 0.00600. The number of alkyl halides is 7. The van der Waals surface area contributed by atoms with Crippen LogP contribution in [0.1, 0.15) is 29.5 Å². The molecule has 2 aromatic rings. The Morgan fingerprint density at radius 3 is 2.18 bits per heavy atom. The Balaban J connectivity index is 2.07. The predicted molar refractivity (Wildman–Crippen MR) is 108 cm³/mol. The molecule has 10 heteroatoms. The number of benzene rings is 2. The van der Waals surface area contributed by atoms with Crippen molar-refractivity contribution in [2.75, 3.05) is 13.7 Å². The number of esters is 1. The predicted octanol–water partition coefficient (Wildman–Crippen LogP) is 6.17. The average Bonchev–Trinajstić information content (AvgIpc) is 3.04. The lowest BCUT2D eigenvalue weighted by molar-refractivity contribution is -0.336. The molecule has 0 N–H and O–H groups in total. The highest BCUT2D eigenvalue weighted by atomic mass is 19.4. The maximum absolute atomic E-state index is 14.4. The van der Waals surface area contributed by atoms with Gasteiger partial charge in [0.25, 0.3) is 0 Å². The Labute approximate surface area is 184 Å². The molecule has 0 saturated carbocycles. The first-order valence-corrected chi connectivity index (χ1v) is 9.60. The summed E-state index contributed by atoms with van der Waals surface area (Å²) in [6.45, 7) is 4.85. The van der Waals surface area contributed by atoms with Crippen molar-refractivity contribution in [3.63, 3.8) is 0 Å². The van der Waals surface area contributed by atoms with Crippen molar-refractivity contribution in [2.45, 2.75) is 30.9 Å². The van der Waals surface area contributed by atoms with Crippen LogP contribution in [0.3, 0.4) is 0 Å². The third-order valence-electron chi connectivity index (χ3n) is 5.33. The summed E-state index contributed by atoms with van der Waals surface area (Å²) in [4.78, 5) is 14.9. The fraction of sp³-hybridized carbons (Fsp3) is 0.304. The van der Waals surface area contributed by atoms with E-state index < -0.39 is 41.2 Å². The first kappa shape index (κ1) is 24.5. The quantitative estimate of drug-likeness (QED) is 0.218. The molecule has 33 heavy (non-hydrogen) atoms. The second-order valence-corrected chi connectivity index (χ2v) is 7.54. The van der Waals surface area contributed by atoms with Gasteiger partial charge in [0.1, 0.15) is 12.3 Å². The molecule has 0 spiro atoms. The SMILES string of the molecule is C=C(C)C(=O)OCC1c2ccccc2-c2cc(C(=NC)C(F)(F)C(F)(F)C(F)(F)F)ccc21. The van der Waals surface area contributed by atoms with Crippen molar-refractivity contribution in [1.82, 2.24) is 0 Å². The van der Waals surface area contributed by atoms with Crippen molar-refractivity contribution >= 4 is 11.7 Å². The minimum Gasteiger partial charge on any atom is -0.461 e. The van der Waals surface area contributed by atoms with Gasteiger partial charge in [-0.2, -0.15) is 30.7 Å². The summed E-state index contributed by atoms with van der Waals surface area (Å²) in [6, 6.07) is 10.1. The second-order valence-electron chi connectivity index (χ2n) is 7.54. The van der Waals surface area contributed by atoms with Crippen LogP contribution in [0.5, 0.6) is 0 Å². The maximum Gasteiger partial charge on any atom is 0.460 e. The Kier molecular flexibility index (Phi) is 6.16. The monoisotopic (exact) mass is 473 g/mol. The van der Waals surface area contributed by atoms with Gasteiger partial charge in [-0.3, -0.25) is 4.99 Å². The van der Waals surface area contributed by atoms with E-state index in [2.05, 4.69) is 11.6 Å². The zero-order chi connectivity index (χ0) is 24.8. The van der Waals surface area contributed by atoms with Crippen molar-refractivity contribution < 1.29 is 40.3 Å². The number of nitrogens with zero attached hydrogens (tertiary/aromatic N) is 1. The molecule has 0 aromatic heterocycles. The number of aliphatic imine (C=N–C) groups is 1. The Morgan fingerprint density at radius 1 is 1.00 bits per heavy atom. The molecule has 1 atom stereocenters. The summed E-state index contributed by atoms with van der Waals surface area (Å²) in [6.07, 6.45) is -6.48. The number of fused-ring (bicyclic) bond motifs is 3. The van der Waals surface area contributed by atoms with Crippen molar-refractivity contribution in [1.29, 1.82) is 0 Å². The van der Waals surface area contributed by atoms with Crippen molar-refractivity contribution in [3.05, 3.63) is 71.3 Å². The van der Waals surface area contributed by atoms with E-state index in [1.54, 1.807) is 24.3 Å². The minimum absolute atomic E-state index is 0.105. The van der Waals surface area contributed by atoms with Crippen LogP contribution in [-0.4, -0.2) is 43.4 Å². The molecular formula is C23H18F7NO2. The van der Waals surface area contributed by atoms with Gasteiger partial charge in [-0.25, -0.2) is 4.79 Å². The third-order valence-corrected chi connectivity index (χ3v) is 5.33. The first-order chi connectivity index (χ1) is 15.2. The Bertz CT molecular complexity index is 1140. The summed E-state index contributed by atoms with van der Waals surface area (Å²) in [7, 11) is 0.719. The number of carbonyl (C=O) groups is 1. The third kappa shape index (κ3) is 4.02. The maximum atomic E-state index is 14.4. The van der Waals surface area contributed by atoms with Crippen LogP contribution in [0.25, 0.3) is 11.1 Å². The fourth-order valence-corrected chi connectivity index (χ4v) is 3.69. The highest BCUT2D eigenvalue weighted by Gasteiger charge is 2.74.